The third kappa shape index (κ3) is 2.05. The lowest BCUT2D eigenvalue weighted by Gasteiger charge is -2.20. The van der Waals surface area contributed by atoms with E-state index in [-0.39, 0.29) is 0 Å². The van der Waals surface area contributed by atoms with Crippen LogP contribution >= 0.6 is 0 Å². The van der Waals surface area contributed by atoms with Gasteiger partial charge in [-0.25, -0.2) is 9.97 Å². The molecule has 2 aromatic heterocycles. The van der Waals surface area contributed by atoms with Crippen LogP contribution in [0.15, 0.2) is 18.6 Å². The molecule has 0 radical (unpaired) electrons. The number of imidazole rings is 1. The maximum absolute atomic E-state index is 5.60. The van der Waals surface area contributed by atoms with Crippen molar-refractivity contribution in [1.82, 2.24) is 14.4 Å². The van der Waals surface area contributed by atoms with Gasteiger partial charge in [0.2, 0.25) is 0 Å². The molecule has 0 spiro atoms. The van der Waals surface area contributed by atoms with E-state index in [0.717, 1.165) is 11.3 Å². The van der Waals surface area contributed by atoms with Gasteiger partial charge < -0.3 is 5.73 Å². The van der Waals surface area contributed by atoms with E-state index in [9.17, 15) is 0 Å². The standard InChI is InChI=1S/C13H18N4/c14-7-11-8-17-9-15-12(6-13(17)16-11)10-4-2-1-3-5-10/h6,8-10H,1-5,7,14H2. The lowest BCUT2D eigenvalue weighted by Crippen LogP contribution is -2.07. The lowest BCUT2D eigenvalue weighted by atomic mass is 9.87. The summed E-state index contributed by atoms with van der Waals surface area (Å²) >= 11 is 0. The van der Waals surface area contributed by atoms with Gasteiger partial charge in [-0.2, -0.15) is 0 Å². The Morgan fingerprint density at radius 1 is 1.29 bits per heavy atom. The highest BCUT2D eigenvalue weighted by molar-refractivity contribution is 5.41. The van der Waals surface area contributed by atoms with E-state index in [1.807, 2.05) is 16.9 Å². The molecule has 0 atom stereocenters. The average Bonchev–Trinajstić information content (AvgIpc) is 2.81. The number of fused-ring (bicyclic) bond motifs is 1. The molecule has 0 aliphatic heterocycles. The van der Waals surface area contributed by atoms with Crippen LogP contribution in [0.5, 0.6) is 0 Å². The zero-order chi connectivity index (χ0) is 11.7. The molecule has 0 amide bonds. The Balaban J connectivity index is 1.94. The summed E-state index contributed by atoms with van der Waals surface area (Å²) in [5.74, 6) is 0.631. The first-order chi connectivity index (χ1) is 8.36. The highest BCUT2D eigenvalue weighted by Crippen LogP contribution is 2.31. The van der Waals surface area contributed by atoms with Gasteiger partial charge in [0.05, 0.1) is 5.69 Å². The van der Waals surface area contributed by atoms with Crippen molar-refractivity contribution in [1.29, 1.82) is 0 Å². The molecule has 0 bridgehead atoms. The van der Waals surface area contributed by atoms with E-state index in [0.29, 0.717) is 12.5 Å². The molecule has 17 heavy (non-hydrogen) atoms. The van der Waals surface area contributed by atoms with E-state index >= 15 is 0 Å². The molecular weight excluding hydrogens is 212 g/mol. The van der Waals surface area contributed by atoms with Crippen molar-refractivity contribution < 1.29 is 0 Å². The highest BCUT2D eigenvalue weighted by Gasteiger charge is 2.17. The fraction of sp³-hybridized carbons (Fsp3) is 0.538. The smallest absolute Gasteiger partial charge is 0.140 e. The minimum Gasteiger partial charge on any atom is -0.325 e. The number of aromatic nitrogens is 3. The molecule has 4 heteroatoms. The predicted molar refractivity (Wildman–Crippen MR) is 66.7 cm³/mol. The first-order valence-electron chi connectivity index (χ1n) is 6.40. The van der Waals surface area contributed by atoms with Crippen molar-refractivity contribution in [3.63, 3.8) is 0 Å². The van der Waals surface area contributed by atoms with Gasteiger partial charge in [0.1, 0.15) is 12.0 Å². The van der Waals surface area contributed by atoms with Crippen LogP contribution in [-0.2, 0) is 6.54 Å². The van der Waals surface area contributed by atoms with Crippen LogP contribution in [0.4, 0.5) is 0 Å². The van der Waals surface area contributed by atoms with Crippen LogP contribution in [0.3, 0.4) is 0 Å². The summed E-state index contributed by atoms with van der Waals surface area (Å²) in [5, 5.41) is 0. The SMILES string of the molecule is NCc1cn2cnc(C3CCCCC3)cc2n1. The summed E-state index contributed by atoms with van der Waals surface area (Å²) in [7, 11) is 0. The molecule has 0 unspecified atom stereocenters. The number of hydrogen-bond donors (Lipinski definition) is 1. The summed E-state index contributed by atoms with van der Waals surface area (Å²) in [6.07, 6.45) is 10.4. The van der Waals surface area contributed by atoms with Gasteiger partial charge in [0.15, 0.2) is 0 Å². The maximum Gasteiger partial charge on any atom is 0.140 e. The molecule has 1 aliphatic carbocycles. The number of nitrogens with zero attached hydrogens (tertiary/aromatic N) is 3. The summed E-state index contributed by atoms with van der Waals surface area (Å²) in [6.45, 7) is 0.487. The fourth-order valence-electron chi connectivity index (χ4n) is 2.68. The van der Waals surface area contributed by atoms with Crippen molar-refractivity contribution in [3.05, 3.63) is 30.0 Å². The quantitative estimate of drug-likeness (QED) is 0.860. The minimum absolute atomic E-state index is 0.487. The van der Waals surface area contributed by atoms with Gasteiger partial charge in [-0.3, -0.25) is 4.40 Å². The summed E-state index contributed by atoms with van der Waals surface area (Å²) in [6, 6.07) is 2.12. The van der Waals surface area contributed by atoms with Crippen LogP contribution in [0, 0.1) is 0 Å². The van der Waals surface area contributed by atoms with Crippen molar-refractivity contribution in [2.45, 2.75) is 44.6 Å². The van der Waals surface area contributed by atoms with Crippen molar-refractivity contribution >= 4 is 5.65 Å². The first-order valence-corrected chi connectivity index (χ1v) is 6.40. The maximum atomic E-state index is 5.60. The molecule has 1 aliphatic rings. The largest absolute Gasteiger partial charge is 0.325 e. The van der Waals surface area contributed by atoms with Gasteiger partial charge in [0, 0.05) is 30.4 Å². The molecule has 3 rings (SSSR count). The molecule has 2 heterocycles. The Hall–Kier alpha value is -1.42. The van der Waals surface area contributed by atoms with Crippen LogP contribution in [0.25, 0.3) is 5.65 Å². The Bertz CT molecular complexity index is 511. The van der Waals surface area contributed by atoms with Gasteiger partial charge >= 0.3 is 0 Å². The summed E-state index contributed by atoms with van der Waals surface area (Å²) in [4.78, 5) is 9.04. The summed E-state index contributed by atoms with van der Waals surface area (Å²) < 4.78 is 1.95. The first kappa shape index (κ1) is 10.7. The molecule has 4 nitrogen and oxygen atoms in total. The monoisotopic (exact) mass is 230 g/mol. The van der Waals surface area contributed by atoms with Crippen LogP contribution in [0.1, 0.15) is 49.4 Å². The lowest BCUT2D eigenvalue weighted by molar-refractivity contribution is 0.436. The molecular formula is C13H18N4. The molecule has 1 saturated carbocycles. The van der Waals surface area contributed by atoms with Gasteiger partial charge in [-0.15, -0.1) is 0 Å². The third-order valence-corrected chi connectivity index (χ3v) is 3.65. The Labute approximate surface area is 101 Å². The molecule has 0 aromatic carbocycles. The summed E-state index contributed by atoms with van der Waals surface area (Å²) in [5.41, 5.74) is 8.70. The Kier molecular flexibility index (Phi) is 2.81. The number of hydrogen-bond acceptors (Lipinski definition) is 3. The zero-order valence-electron chi connectivity index (χ0n) is 9.97. The van der Waals surface area contributed by atoms with E-state index in [1.54, 1.807) is 0 Å². The van der Waals surface area contributed by atoms with Gasteiger partial charge in [-0.1, -0.05) is 19.3 Å². The van der Waals surface area contributed by atoms with E-state index in [1.165, 1.54) is 37.8 Å². The Morgan fingerprint density at radius 3 is 2.88 bits per heavy atom. The molecule has 0 saturated heterocycles. The van der Waals surface area contributed by atoms with Gasteiger partial charge in [0.25, 0.3) is 0 Å². The average molecular weight is 230 g/mol. The van der Waals surface area contributed by atoms with Crippen molar-refractivity contribution in [3.8, 4) is 0 Å². The third-order valence-electron chi connectivity index (χ3n) is 3.65. The normalized spacial score (nSPS) is 17.7. The van der Waals surface area contributed by atoms with Crippen LogP contribution in [0.2, 0.25) is 0 Å². The topological polar surface area (TPSA) is 56.2 Å². The number of nitrogens with two attached hydrogens (primary N) is 1. The van der Waals surface area contributed by atoms with Gasteiger partial charge in [-0.05, 0) is 12.8 Å². The second-order valence-electron chi connectivity index (χ2n) is 4.85. The van der Waals surface area contributed by atoms with Crippen molar-refractivity contribution in [2.24, 2.45) is 5.73 Å². The molecule has 2 N–H and O–H groups in total. The Morgan fingerprint density at radius 2 is 2.12 bits per heavy atom. The van der Waals surface area contributed by atoms with Crippen LogP contribution in [-0.4, -0.2) is 14.4 Å². The van der Waals surface area contributed by atoms with Crippen molar-refractivity contribution in [2.75, 3.05) is 0 Å². The molecule has 90 valence electrons. The minimum atomic E-state index is 0.487. The fourth-order valence-corrected chi connectivity index (χ4v) is 2.68. The highest BCUT2D eigenvalue weighted by atomic mass is 15.0. The second-order valence-corrected chi connectivity index (χ2v) is 4.85. The zero-order valence-corrected chi connectivity index (χ0v) is 9.97. The van der Waals surface area contributed by atoms with Crippen LogP contribution < -0.4 is 5.73 Å². The molecule has 2 aromatic rings. The van der Waals surface area contributed by atoms with E-state index in [2.05, 4.69) is 16.0 Å². The van der Waals surface area contributed by atoms with E-state index in [4.69, 9.17) is 5.73 Å². The van der Waals surface area contributed by atoms with E-state index < -0.39 is 0 Å². The molecule has 1 fully saturated rings. The second kappa shape index (κ2) is 4.45. The number of rotatable bonds is 2. The predicted octanol–water partition coefficient (Wildman–Crippen LogP) is 2.24.